The number of fused-ring (bicyclic) bond motifs is 1. The van der Waals surface area contributed by atoms with Gasteiger partial charge in [0, 0.05) is 37.8 Å². The number of carboxylic acid groups (broad SMARTS) is 1. The highest BCUT2D eigenvalue weighted by Gasteiger charge is 2.26. The van der Waals surface area contributed by atoms with E-state index in [1.807, 2.05) is 4.90 Å². The largest absolute Gasteiger partial charge is 0.480 e. The molecule has 1 amide bonds. The van der Waals surface area contributed by atoms with Crippen LogP contribution < -0.4 is 10.6 Å². The lowest BCUT2D eigenvalue weighted by Gasteiger charge is -2.34. The lowest BCUT2D eigenvalue weighted by molar-refractivity contribution is -0.143. The summed E-state index contributed by atoms with van der Waals surface area (Å²) in [4.78, 5) is 29.9. The van der Waals surface area contributed by atoms with Gasteiger partial charge in [-0.3, -0.25) is 14.5 Å². The van der Waals surface area contributed by atoms with Crippen LogP contribution in [0.2, 0.25) is 0 Å². The maximum absolute atomic E-state index is 12.2. The molecule has 7 nitrogen and oxygen atoms in total. The molecule has 2 aliphatic rings. The molecule has 1 atom stereocenters. The number of hydrogen-bond donors (Lipinski definition) is 3. The molecule has 2 aliphatic heterocycles. The molecule has 3 heterocycles. The first kappa shape index (κ1) is 19.6. The third kappa shape index (κ3) is 5.42. The standard InChI is InChI=1S/C20H30N4O3/c1-14(20(26)27)24-12-9-17(10-13-24)22-18(25)6-2-5-16-8-7-15-4-3-11-21-19(15)23-16/h7-8,14,17H,2-6,9-13H2,1H3,(H,21,23)(H,22,25)(H,26,27). The SMILES string of the molecule is CC(C(=O)O)N1CCC(NC(=O)CCCc2ccc3c(n2)NCCC3)CC1. The molecule has 0 aliphatic carbocycles. The van der Waals surface area contributed by atoms with Gasteiger partial charge in [-0.1, -0.05) is 6.07 Å². The molecule has 3 rings (SSSR count). The third-order valence-corrected chi connectivity index (χ3v) is 5.59. The predicted molar refractivity (Wildman–Crippen MR) is 104 cm³/mol. The van der Waals surface area contributed by atoms with Gasteiger partial charge in [0.05, 0.1) is 0 Å². The maximum Gasteiger partial charge on any atom is 0.320 e. The van der Waals surface area contributed by atoms with Gasteiger partial charge in [-0.05, 0) is 57.1 Å². The van der Waals surface area contributed by atoms with Crippen LogP contribution in [0, 0.1) is 0 Å². The number of aryl methyl sites for hydroxylation is 2. The Labute approximate surface area is 160 Å². The molecule has 3 N–H and O–H groups in total. The van der Waals surface area contributed by atoms with E-state index in [0.717, 1.165) is 56.6 Å². The minimum absolute atomic E-state index is 0.0795. The second kappa shape index (κ2) is 9.17. The zero-order valence-corrected chi connectivity index (χ0v) is 16.0. The van der Waals surface area contributed by atoms with Crippen molar-refractivity contribution >= 4 is 17.7 Å². The summed E-state index contributed by atoms with van der Waals surface area (Å²) in [7, 11) is 0. The van der Waals surface area contributed by atoms with Gasteiger partial charge >= 0.3 is 5.97 Å². The van der Waals surface area contributed by atoms with Crippen LogP contribution in [0.25, 0.3) is 0 Å². The van der Waals surface area contributed by atoms with Crippen molar-refractivity contribution in [3.05, 3.63) is 23.4 Å². The van der Waals surface area contributed by atoms with E-state index in [1.54, 1.807) is 6.92 Å². The zero-order valence-electron chi connectivity index (χ0n) is 16.0. The number of carbonyl (C=O) groups excluding carboxylic acids is 1. The van der Waals surface area contributed by atoms with Crippen LogP contribution in [0.1, 0.15) is 50.3 Å². The van der Waals surface area contributed by atoms with Gasteiger partial charge in [0.1, 0.15) is 11.9 Å². The fourth-order valence-corrected chi connectivity index (χ4v) is 3.83. The summed E-state index contributed by atoms with van der Waals surface area (Å²) in [6.45, 7) is 4.12. The molecule has 7 heteroatoms. The number of nitrogens with zero attached hydrogens (tertiary/aromatic N) is 2. The van der Waals surface area contributed by atoms with Gasteiger partial charge in [0.25, 0.3) is 0 Å². The summed E-state index contributed by atoms with van der Waals surface area (Å²) in [5, 5.41) is 15.5. The number of carboxylic acids is 1. The van der Waals surface area contributed by atoms with E-state index in [9.17, 15) is 9.59 Å². The monoisotopic (exact) mass is 374 g/mol. The molecule has 0 saturated carbocycles. The van der Waals surface area contributed by atoms with Crippen LogP contribution in [-0.4, -0.2) is 58.6 Å². The average Bonchev–Trinajstić information content (AvgIpc) is 2.68. The number of aliphatic carboxylic acids is 1. The molecule has 27 heavy (non-hydrogen) atoms. The van der Waals surface area contributed by atoms with Crippen molar-refractivity contribution < 1.29 is 14.7 Å². The number of rotatable bonds is 7. The highest BCUT2D eigenvalue weighted by molar-refractivity contribution is 5.76. The first-order valence-corrected chi connectivity index (χ1v) is 10.0. The average molecular weight is 374 g/mol. The van der Waals surface area contributed by atoms with Crippen molar-refractivity contribution in [2.75, 3.05) is 25.0 Å². The number of likely N-dealkylation sites (tertiary alicyclic amines) is 1. The van der Waals surface area contributed by atoms with E-state index in [0.29, 0.717) is 19.5 Å². The Balaban J connectivity index is 1.36. The molecular formula is C20H30N4O3. The molecule has 0 radical (unpaired) electrons. The number of amides is 1. The third-order valence-electron chi connectivity index (χ3n) is 5.59. The van der Waals surface area contributed by atoms with Crippen molar-refractivity contribution in [2.24, 2.45) is 0 Å². The van der Waals surface area contributed by atoms with E-state index in [-0.39, 0.29) is 11.9 Å². The van der Waals surface area contributed by atoms with Crippen LogP contribution in [-0.2, 0) is 22.4 Å². The summed E-state index contributed by atoms with van der Waals surface area (Å²) in [6.07, 6.45) is 5.94. The smallest absolute Gasteiger partial charge is 0.320 e. The summed E-state index contributed by atoms with van der Waals surface area (Å²) in [5.41, 5.74) is 2.32. The number of aromatic nitrogens is 1. The lowest BCUT2D eigenvalue weighted by atomic mass is 10.0. The fraction of sp³-hybridized carbons (Fsp3) is 0.650. The van der Waals surface area contributed by atoms with E-state index >= 15 is 0 Å². The van der Waals surface area contributed by atoms with Crippen molar-refractivity contribution in [1.29, 1.82) is 0 Å². The van der Waals surface area contributed by atoms with Crippen LogP contribution >= 0.6 is 0 Å². The Morgan fingerprint density at radius 3 is 2.89 bits per heavy atom. The van der Waals surface area contributed by atoms with E-state index in [4.69, 9.17) is 5.11 Å². The number of carbonyl (C=O) groups is 2. The van der Waals surface area contributed by atoms with Crippen LogP contribution in [0.3, 0.4) is 0 Å². The molecule has 1 unspecified atom stereocenters. The number of hydrogen-bond acceptors (Lipinski definition) is 5. The summed E-state index contributed by atoms with van der Waals surface area (Å²) in [5.74, 6) is 0.296. The quantitative estimate of drug-likeness (QED) is 0.674. The normalized spacial score (nSPS) is 19.0. The number of pyridine rings is 1. The Hall–Kier alpha value is -2.15. The second-order valence-corrected chi connectivity index (χ2v) is 7.59. The van der Waals surface area contributed by atoms with Gasteiger partial charge < -0.3 is 15.7 Å². The highest BCUT2D eigenvalue weighted by Crippen LogP contribution is 2.20. The van der Waals surface area contributed by atoms with Crippen LogP contribution in [0.4, 0.5) is 5.82 Å². The lowest BCUT2D eigenvalue weighted by Crippen LogP contribution is -2.49. The van der Waals surface area contributed by atoms with Gasteiger partial charge in [0.15, 0.2) is 0 Å². The van der Waals surface area contributed by atoms with Gasteiger partial charge in [-0.25, -0.2) is 4.98 Å². The Morgan fingerprint density at radius 2 is 2.15 bits per heavy atom. The number of anilines is 1. The van der Waals surface area contributed by atoms with Crippen molar-refractivity contribution in [3.63, 3.8) is 0 Å². The first-order chi connectivity index (χ1) is 13.0. The van der Waals surface area contributed by atoms with Crippen molar-refractivity contribution in [1.82, 2.24) is 15.2 Å². The molecular weight excluding hydrogens is 344 g/mol. The molecule has 0 spiro atoms. The molecule has 1 aromatic heterocycles. The maximum atomic E-state index is 12.2. The van der Waals surface area contributed by atoms with E-state index < -0.39 is 12.0 Å². The highest BCUT2D eigenvalue weighted by atomic mass is 16.4. The molecule has 148 valence electrons. The van der Waals surface area contributed by atoms with Crippen molar-refractivity contribution in [2.45, 2.75) is 64.0 Å². The van der Waals surface area contributed by atoms with Crippen LogP contribution in [0.15, 0.2) is 12.1 Å². The number of nitrogens with one attached hydrogen (secondary N) is 2. The summed E-state index contributed by atoms with van der Waals surface area (Å²) < 4.78 is 0. The van der Waals surface area contributed by atoms with Gasteiger partial charge in [-0.2, -0.15) is 0 Å². The minimum atomic E-state index is -0.788. The summed E-state index contributed by atoms with van der Waals surface area (Å²) >= 11 is 0. The molecule has 0 aromatic carbocycles. The topological polar surface area (TPSA) is 94.6 Å². The summed E-state index contributed by atoms with van der Waals surface area (Å²) in [6, 6.07) is 3.92. The second-order valence-electron chi connectivity index (χ2n) is 7.59. The number of piperidine rings is 1. The predicted octanol–water partition coefficient (Wildman–Crippen LogP) is 1.82. The fourth-order valence-electron chi connectivity index (χ4n) is 3.83. The van der Waals surface area contributed by atoms with E-state index in [2.05, 4.69) is 27.8 Å². The zero-order chi connectivity index (χ0) is 19.2. The first-order valence-electron chi connectivity index (χ1n) is 10.0. The van der Waals surface area contributed by atoms with Crippen molar-refractivity contribution in [3.8, 4) is 0 Å². The van der Waals surface area contributed by atoms with Gasteiger partial charge in [-0.15, -0.1) is 0 Å². The Morgan fingerprint density at radius 1 is 1.37 bits per heavy atom. The minimum Gasteiger partial charge on any atom is -0.480 e. The Bertz CT molecular complexity index is 671. The molecule has 1 saturated heterocycles. The van der Waals surface area contributed by atoms with E-state index in [1.165, 1.54) is 5.56 Å². The molecule has 1 fully saturated rings. The molecule has 0 bridgehead atoms. The van der Waals surface area contributed by atoms with Crippen LogP contribution in [0.5, 0.6) is 0 Å². The molecule has 1 aromatic rings. The van der Waals surface area contributed by atoms with Gasteiger partial charge in [0.2, 0.25) is 5.91 Å². The Kier molecular flexibility index (Phi) is 6.66.